The van der Waals surface area contributed by atoms with Crippen molar-refractivity contribution in [3.63, 3.8) is 0 Å². The quantitative estimate of drug-likeness (QED) is 0.483. The fraction of sp³-hybridized carbons (Fsp3) is 0.368. The highest BCUT2D eigenvalue weighted by molar-refractivity contribution is 5.67. The van der Waals surface area contributed by atoms with Crippen LogP contribution in [0.15, 0.2) is 36.4 Å². The van der Waals surface area contributed by atoms with Crippen LogP contribution in [-0.4, -0.2) is 36.9 Å². The van der Waals surface area contributed by atoms with Crippen LogP contribution in [0.2, 0.25) is 0 Å². The van der Waals surface area contributed by atoms with Gasteiger partial charge < -0.3 is 14.2 Å². The molecule has 1 heterocycles. The summed E-state index contributed by atoms with van der Waals surface area (Å²) in [7, 11) is 0. The average Bonchev–Trinajstić information content (AvgIpc) is 2.53. The second-order valence-electron chi connectivity index (χ2n) is 5.44. The van der Waals surface area contributed by atoms with Gasteiger partial charge in [0.25, 0.3) is 0 Å². The Balaban J connectivity index is 2.11. The lowest BCUT2D eigenvalue weighted by atomic mass is 10.1. The molecule has 0 fully saturated rings. The number of benzene rings is 1. The van der Waals surface area contributed by atoms with E-state index in [1.54, 1.807) is 12.2 Å². The fourth-order valence-electron chi connectivity index (χ4n) is 2.23. The zero-order chi connectivity index (χ0) is 17.5. The van der Waals surface area contributed by atoms with Gasteiger partial charge in [-0.3, -0.25) is 9.59 Å². The van der Waals surface area contributed by atoms with Crippen LogP contribution >= 0.6 is 0 Å². The normalized spacial score (nSPS) is 22.2. The van der Waals surface area contributed by atoms with Crippen molar-refractivity contribution < 1.29 is 23.8 Å². The molecule has 0 spiro atoms. The Bertz CT molecular complexity index is 695. The monoisotopic (exact) mass is 328 g/mol. The number of aryl methyl sites for hydroxylation is 1. The van der Waals surface area contributed by atoms with Gasteiger partial charge >= 0.3 is 11.9 Å². The number of esters is 2. The Morgan fingerprint density at radius 2 is 1.92 bits per heavy atom. The summed E-state index contributed by atoms with van der Waals surface area (Å²) in [4.78, 5) is 22.2. The van der Waals surface area contributed by atoms with Gasteiger partial charge in [0.05, 0.1) is 0 Å². The maximum atomic E-state index is 11.2. The van der Waals surface area contributed by atoms with Gasteiger partial charge in [-0.05, 0) is 30.7 Å². The molecule has 1 aliphatic heterocycles. The molecule has 2 rings (SSSR count). The number of carbonyl (C=O) groups is 2. The molecule has 24 heavy (non-hydrogen) atoms. The van der Waals surface area contributed by atoms with Gasteiger partial charge in [-0.15, -0.1) is 0 Å². The molecule has 126 valence electrons. The first kappa shape index (κ1) is 17.8. The molecular formula is C19H20O5. The van der Waals surface area contributed by atoms with Gasteiger partial charge in [-0.25, -0.2) is 0 Å². The smallest absolute Gasteiger partial charge is 0.303 e. The zero-order valence-electron chi connectivity index (χ0n) is 13.9. The van der Waals surface area contributed by atoms with Crippen molar-refractivity contribution in [2.24, 2.45) is 0 Å². The molecule has 0 aliphatic carbocycles. The molecule has 3 atom stereocenters. The molecule has 5 heteroatoms. The molecular weight excluding hydrogens is 308 g/mol. The van der Waals surface area contributed by atoms with Crippen LogP contribution in [0.4, 0.5) is 0 Å². The minimum Gasteiger partial charge on any atom is -0.463 e. The maximum Gasteiger partial charge on any atom is 0.303 e. The van der Waals surface area contributed by atoms with Gasteiger partial charge in [0.1, 0.15) is 24.9 Å². The van der Waals surface area contributed by atoms with Gasteiger partial charge in [0.2, 0.25) is 0 Å². The van der Waals surface area contributed by atoms with E-state index in [0.717, 1.165) is 11.1 Å². The van der Waals surface area contributed by atoms with E-state index in [4.69, 9.17) is 14.2 Å². The van der Waals surface area contributed by atoms with E-state index in [1.807, 2.05) is 31.2 Å². The van der Waals surface area contributed by atoms with Gasteiger partial charge in [0.15, 0.2) is 0 Å². The predicted molar refractivity (Wildman–Crippen MR) is 88.0 cm³/mol. The summed E-state index contributed by atoms with van der Waals surface area (Å²) in [6.45, 7) is 4.62. The Hall–Kier alpha value is -2.58. The van der Waals surface area contributed by atoms with Crippen LogP contribution in [0.3, 0.4) is 0 Å². The molecule has 0 saturated carbocycles. The lowest BCUT2D eigenvalue weighted by molar-refractivity contribution is -0.161. The van der Waals surface area contributed by atoms with Crippen LogP contribution in [0.25, 0.3) is 0 Å². The average molecular weight is 328 g/mol. The zero-order valence-corrected chi connectivity index (χ0v) is 13.9. The number of rotatable bonds is 3. The van der Waals surface area contributed by atoms with E-state index in [1.165, 1.54) is 13.8 Å². The molecule has 0 unspecified atom stereocenters. The highest BCUT2D eigenvalue weighted by Crippen LogP contribution is 2.17. The summed E-state index contributed by atoms with van der Waals surface area (Å²) >= 11 is 0. The highest BCUT2D eigenvalue weighted by Gasteiger charge is 2.29. The first-order valence-corrected chi connectivity index (χ1v) is 7.67. The summed E-state index contributed by atoms with van der Waals surface area (Å²) < 4.78 is 16.0. The van der Waals surface area contributed by atoms with Gasteiger partial charge in [-0.2, -0.15) is 0 Å². The lowest BCUT2D eigenvalue weighted by Crippen LogP contribution is -2.41. The molecule has 5 nitrogen and oxygen atoms in total. The lowest BCUT2D eigenvalue weighted by Gasteiger charge is -2.29. The van der Waals surface area contributed by atoms with Gasteiger partial charge in [0, 0.05) is 19.4 Å². The van der Waals surface area contributed by atoms with Crippen molar-refractivity contribution in [2.45, 2.75) is 39.1 Å². The second kappa shape index (κ2) is 8.32. The van der Waals surface area contributed by atoms with E-state index in [2.05, 4.69) is 11.8 Å². The van der Waals surface area contributed by atoms with Crippen molar-refractivity contribution in [3.8, 4) is 11.8 Å². The summed E-state index contributed by atoms with van der Waals surface area (Å²) in [5, 5.41) is 0. The molecule has 1 aliphatic rings. The molecule has 1 aromatic carbocycles. The number of carbonyl (C=O) groups excluding carboxylic acids is 2. The van der Waals surface area contributed by atoms with Crippen LogP contribution < -0.4 is 0 Å². The van der Waals surface area contributed by atoms with Crippen molar-refractivity contribution >= 4 is 11.9 Å². The van der Waals surface area contributed by atoms with Crippen LogP contribution in [-0.2, 0) is 23.8 Å². The summed E-state index contributed by atoms with van der Waals surface area (Å²) in [5.41, 5.74) is 2.01. The van der Waals surface area contributed by atoms with Crippen LogP contribution in [0.5, 0.6) is 0 Å². The molecule has 0 N–H and O–H groups in total. The molecule has 0 radical (unpaired) electrons. The largest absolute Gasteiger partial charge is 0.463 e. The maximum absolute atomic E-state index is 11.2. The molecule has 0 amide bonds. The van der Waals surface area contributed by atoms with Crippen molar-refractivity contribution in [1.29, 1.82) is 0 Å². The summed E-state index contributed by atoms with van der Waals surface area (Å²) in [6.07, 6.45) is 1.81. The van der Waals surface area contributed by atoms with Gasteiger partial charge in [-0.1, -0.05) is 30.0 Å². The highest BCUT2D eigenvalue weighted by atomic mass is 16.6. The number of hydrogen-bond donors (Lipinski definition) is 0. The summed E-state index contributed by atoms with van der Waals surface area (Å²) in [6, 6.07) is 7.81. The fourth-order valence-corrected chi connectivity index (χ4v) is 2.23. The molecule has 0 saturated heterocycles. The Labute approximate surface area is 141 Å². The van der Waals surface area contributed by atoms with E-state index >= 15 is 0 Å². The Kier molecular flexibility index (Phi) is 6.16. The third-order valence-electron chi connectivity index (χ3n) is 3.41. The van der Waals surface area contributed by atoms with Crippen LogP contribution in [0.1, 0.15) is 25.0 Å². The number of ether oxygens (including phenoxy) is 3. The first-order valence-electron chi connectivity index (χ1n) is 7.67. The SMILES string of the molecule is CC(=O)OC[C@H]1O[C@H](C#Cc2ccccc2C)C=C[C@H]1OC(C)=O. The van der Waals surface area contributed by atoms with E-state index in [9.17, 15) is 9.59 Å². The Morgan fingerprint density at radius 1 is 1.17 bits per heavy atom. The third-order valence-corrected chi connectivity index (χ3v) is 3.41. The second-order valence-corrected chi connectivity index (χ2v) is 5.44. The predicted octanol–water partition coefficient (Wildman–Crippen LogP) is 2.16. The third kappa shape index (κ3) is 5.25. The minimum absolute atomic E-state index is 0.000163. The molecule has 1 aromatic rings. The summed E-state index contributed by atoms with van der Waals surface area (Å²) in [5.74, 6) is 5.27. The van der Waals surface area contributed by atoms with Crippen molar-refractivity contribution in [3.05, 3.63) is 47.5 Å². The topological polar surface area (TPSA) is 61.8 Å². The van der Waals surface area contributed by atoms with Crippen molar-refractivity contribution in [1.82, 2.24) is 0 Å². The van der Waals surface area contributed by atoms with E-state index in [0.29, 0.717) is 0 Å². The Morgan fingerprint density at radius 3 is 2.58 bits per heavy atom. The number of hydrogen-bond acceptors (Lipinski definition) is 5. The first-order chi connectivity index (χ1) is 11.5. The molecule has 0 aromatic heterocycles. The minimum atomic E-state index is -0.599. The van der Waals surface area contributed by atoms with E-state index < -0.39 is 30.3 Å². The van der Waals surface area contributed by atoms with E-state index in [-0.39, 0.29) is 6.61 Å². The van der Waals surface area contributed by atoms with Crippen LogP contribution in [0, 0.1) is 18.8 Å². The standard InChI is InChI=1S/C19H20O5/c1-13-6-4-5-7-16(13)8-9-17-10-11-18(23-15(3)21)19(24-17)12-22-14(2)20/h4-7,10-11,17-19H,12H2,1-3H3/t17-,18-,19-/m1/s1. The molecule has 0 bridgehead atoms. The van der Waals surface area contributed by atoms with Crippen molar-refractivity contribution in [2.75, 3.05) is 6.61 Å².